The molecular weight excluding hydrogens is 513 g/mol. The van der Waals surface area contributed by atoms with Crippen molar-refractivity contribution in [2.45, 2.75) is 64.5 Å². The number of hydrogen-bond acceptors (Lipinski definition) is 6. The fourth-order valence-corrected chi connectivity index (χ4v) is 7.09. The van der Waals surface area contributed by atoms with Crippen LogP contribution in [0.1, 0.15) is 50.4 Å². The number of rotatable bonds is 9. The summed E-state index contributed by atoms with van der Waals surface area (Å²) in [6, 6.07) is 2.42. The number of alkyl halides is 1. The molecule has 192 valence electrons. The van der Waals surface area contributed by atoms with Crippen molar-refractivity contribution in [1.29, 1.82) is 0 Å². The van der Waals surface area contributed by atoms with Crippen molar-refractivity contribution < 1.29 is 17.6 Å². The largest absolute Gasteiger partial charge is 0.336 e. The van der Waals surface area contributed by atoms with Gasteiger partial charge in [-0.2, -0.15) is 4.72 Å². The molecule has 4 atom stereocenters. The van der Waals surface area contributed by atoms with Crippen LogP contribution in [0.2, 0.25) is 4.34 Å². The van der Waals surface area contributed by atoms with Gasteiger partial charge in [0.2, 0.25) is 15.9 Å². The Kier molecular flexibility index (Phi) is 8.02. The van der Waals surface area contributed by atoms with E-state index in [1.807, 2.05) is 29.5 Å². The van der Waals surface area contributed by atoms with E-state index >= 15 is 0 Å². The van der Waals surface area contributed by atoms with Gasteiger partial charge in [-0.3, -0.25) is 9.69 Å². The van der Waals surface area contributed by atoms with E-state index in [0.29, 0.717) is 48.9 Å². The van der Waals surface area contributed by atoms with E-state index in [9.17, 15) is 17.6 Å². The molecule has 0 saturated carbocycles. The molecule has 2 fully saturated rings. The molecule has 2 aliphatic rings. The second-order valence-electron chi connectivity index (χ2n) is 9.29. The van der Waals surface area contributed by atoms with Crippen LogP contribution in [0.5, 0.6) is 0 Å². The highest BCUT2D eigenvalue weighted by molar-refractivity contribution is 7.92. The van der Waals surface area contributed by atoms with Crippen molar-refractivity contribution in [2.24, 2.45) is 0 Å². The number of hydrogen-bond donors (Lipinski definition) is 1. The van der Waals surface area contributed by atoms with Gasteiger partial charge in [-0.05, 0) is 51.3 Å². The lowest BCUT2D eigenvalue weighted by atomic mass is 10.1. The zero-order chi connectivity index (χ0) is 25.3. The summed E-state index contributed by atoms with van der Waals surface area (Å²) < 4.78 is 44.2. The van der Waals surface area contributed by atoms with Crippen molar-refractivity contribution in [3.8, 4) is 0 Å². The molecule has 0 radical (unpaired) electrons. The number of imidazole rings is 1. The minimum atomic E-state index is -3.82. The average Bonchev–Trinajstić information content (AvgIpc) is 3.57. The second kappa shape index (κ2) is 10.7. The fourth-order valence-electron chi connectivity index (χ4n) is 4.72. The molecule has 0 bridgehead atoms. The zero-order valence-electron chi connectivity index (χ0n) is 20.0. The van der Waals surface area contributed by atoms with Gasteiger partial charge in [0.25, 0.3) is 0 Å². The molecule has 3 unspecified atom stereocenters. The highest BCUT2D eigenvalue weighted by Gasteiger charge is 2.38. The lowest BCUT2D eigenvalue weighted by Gasteiger charge is -2.32. The molecule has 1 N–H and O–H groups in total. The lowest BCUT2D eigenvalue weighted by Crippen LogP contribution is -2.45. The second-order valence-corrected chi connectivity index (χ2v) is 12.6. The molecule has 2 saturated heterocycles. The van der Waals surface area contributed by atoms with Crippen LogP contribution in [0.25, 0.3) is 5.57 Å². The molecule has 4 rings (SSSR count). The quantitative estimate of drug-likeness (QED) is 0.521. The van der Waals surface area contributed by atoms with Crippen molar-refractivity contribution in [3.05, 3.63) is 45.0 Å². The van der Waals surface area contributed by atoms with Crippen molar-refractivity contribution >= 4 is 44.4 Å². The molecule has 35 heavy (non-hydrogen) atoms. The summed E-state index contributed by atoms with van der Waals surface area (Å²) in [5, 5.41) is 1.15. The van der Waals surface area contributed by atoms with E-state index in [-0.39, 0.29) is 18.0 Å². The maximum Gasteiger partial charge on any atom is 0.241 e. The Morgan fingerprint density at radius 2 is 2.09 bits per heavy atom. The van der Waals surface area contributed by atoms with Gasteiger partial charge in [-0.1, -0.05) is 11.6 Å². The number of amides is 1. The highest BCUT2D eigenvalue weighted by atomic mass is 35.5. The highest BCUT2D eigenvalue weighted by Crippen LogP contribution is 2.28. The van der Waals surface area contributed by atoms with Gasteiger partial charge in [0.05, 0.1) is 22.3 Å². The van der Waals surface area contributed by atoms with Gasteiger partial charge in [0, 0.05) is 42.9 Å². The maximum atomic E-state index is 13.6. The predicted octanol–water partition coefficient (Wildman–Crippen LogP) is 3.67. The SMILES string of the molecule is C/C(=C\S(=O)(=O)NC1CCN([C@@H](C)C(C)n2ccnc2CN2CCC(F)C2)C1=O)c1ccc(Cl)s1. The van der Waals surface area contributed by atoms with Gasteiger partial charge in [-0.25, -0.2) is 17.8 Å². The molecule has 0 aromatic carbocycles. The number of sulfonamides is 1. The fraction of sp³-hybridized carbons (Fsp3) is 0.565. The van der Waals surface area contributed by atoms with Crippen LogP contribution in [-0.4, -0.2) is 71.6 Å². The molecule has 2 aromatic rings. The zero-order valence-corrected chi connectivity index (χ0v) is 22.4. The maximum absolute atomic E-state index is 13.6. The van der Waals surface area contributed by atoms with E-state index in [2.05, 4.69) is 9.71 Å². The first-order chi connectivity index (χ1) is 16.5. The van der Waals surface area contributed by atoms with Crippen molar-refractivity contribution in [1.82, 2.24) is 24.1 Å². The van der Waals surface area contributed by atoms with E-state index in [4.69, 9.17) is 11.6 Å². The molecule has 2 aliphatic heterocycles. The number of thiophene rings is 1. The molecular formula is C23H31ClFN5O3S2. The standard InChI is InChI=1S/C23H31ClFN5O3S2/c1-15(20-4-5-21(24)34-20)14-35(32,33)27-19-7-10-30(23(19)31)17(3)16(2)29-11-8-26-22(29)13-28-9-6-18(25)12-28/h4-5,8,11,14,16-19,27H,6-7,9-10,12-13H2,1-3H3/b15-14+/t16?,17-,18?,19?/m0/s1. The number of aromatic nitrogens is 2. The molecule has 0 aliphatic carbocycles. The Bertz CT molecular complexity index is 1200. The number of nitrogens with one attached hydrogen (secondary N) is 1. The Morgan fingerprint density at radius 3 is 2.74 bits per heavy atom. The molecule has 0 spiro atoms. The molecule has 1 amide bonds. The Balaban J connectivity index is 1.40. The smallest absolute Gasteiger partial charge is 0.241 e. The van der Waals surface area contributed by atoms with Gasteiger partial charge < -0.3 is 9.47 Å². The summed E-state index contributed by atoms with van der Waals surface area (Å²) in [4.78, 5) is 22.1. The number of likely N-dealkylation sites (tertiary alicyclic amines) is 2. The van der Waals surface area contributed by atoms with Crippen molar-refractivity contribution in [2.75, 3.05) is 19.6 Å². The minimum absolute atomic E-state index is 0.0821. The van der Waals surface area contributed by atoms with Gasteiger partial charge in [0.15, 0.2) is 0 Å². The van der Waals surface area contributed by atoms with Crippen molar-refractivity contribution in [3.63, 3.8) is 0 Å². The van der Waals surface area contributed by atoms with E-state index < -0.39 is 22.2 Å². The topological polar surface area (TPSA) is 87.5 Å². The molecule has 2 aromatic heterocycles. The molecule has 4 heterocycles. The molecule has 12 heteroatoms. The normalized spacial score (nSPS) is 23.9. The van der Waals surface area contributed by atoms with E-state index in [0.717, 1.165) is 16.1 Å². The van der Waals surface area contributed by atoms with Crippen LogP contribution in [-0.2, 0) is 21.4 Å². The van der Waals surface area contributed by atoms with Crippen LogP contribution in [0.4, 0.5) is 4.39 Å². The van der Waals surface area contributed by atoms with Crippen LogP contribution >= 0.6 is 22.9 Å². The Labute approximate surface area is 214 Å². The molecule has 8 nitrogen and oxygen atoms in total. The summed E-state index contributed by atoms with van der Waals surface area (Å²) in [6.07, 6.45) is 3.75. The van der Waals surface area contributed by atoms with Crippen LogP contribution in [0.3, 0.4) is 0 Å². The predicted molar refractivity (Wildman–Crippen MR) is 136 cm³/mol. The monoisotopic (exact) mass is 543 g/mol. The third-order valence-electron chi connectivity index (χ3n) is 6.80. The Morgan fingerprint density at radius 1 is 1.31 bits per heavy atom. The lowest BCUT2D eigenvalue weighted by molar-refractivity contribution is -0.131. The van der Waals surface area contributed by atoms with Crippen LogP contribution < -0.4 is 4.72 Å². The Hall–Kier alpha value is -1.79. The summed E-state index contributed by atoms with van der Waals surface area (Å²) in [5.74, 6) is 0.594. The number of carbonyl (C=O) groups is 1. The number of allylic oxidation sites excluding steroid dienone is 1. The van der Waals surface area contributed by atoms with Gasteiger partial charge in [-0.15, -0.1) is 11.3 Å². The van der Waals surface area contributed by atoms with Gasteiger partial charge >= 0.3 is 0 Å². The summed E-state index contributed by atoms with van der Waals surface area (Å²) in [6.45, 7) is 7.81. The summed E-state index contributed by atoms with van der Waals surface area (Å²) in [7, 11) is -3.82. The first kappa shape index (κ1) is 26.3. The average molecular weight is 544 g/mol. The third-order valence-corrected chi connectivity index (χ3v) is 9.44. The number of nitrogens with zero attached hydrogens (tertiary/aromatic N) is 4. The first-order valence-corrected chi connectivity index (χ1v) is 14.4. The summed E-state index contributed by atoms with van der Waals surface area (Å²) in [5.41, 5.74) is 0.559. The van der Waals surface area contributed by atoms with E-state index in [1.54, 1.807) is 30.2 Å². The first-order valence-electron chi connectivity index (χ1n) is 11.7. The van der Waals surface area contributed by atoms with Crippen LogP contribution in [0, 0.1) is 0 Å². The van der Waals surface area contributed by atoms with Gasteiger partial charge in [0.1, 0.15) is 18.0 Å². The summed E-state index contributed by atoms with van der Waals surface area (Å²) >= 11 is 7.25. The minimum Gasteiger partial charge on any atom is -0.336 e. The number of carbonyl (C=O) groups excluding carboxylic acids is 1. The third kappa shape index (κ3) is 6.14. The van der Waals surface area contributed by atoms with Crippen LogP contribution in [0.15, 0.2) is 29.9 Å². The van der Waals surface area contributed by atoms with E-state index in [1.165, 1.54) is 11.3 Å². The number of halogens is 2.